The van der Waals surface area contributed by atoms with E-state index in [0.29, 0.717) is 18.7 Å². The van der Waals surface area contributed by atoms with Gasteiger partial charge in [0.15, 0.2) is 5.69 Å². The summed E-state index contributed by atoms with van der Waals surface area (Å²) in [7, 11) is 0. The number of rotatable bonds is 5. The van der Waals surface area contributed by atoms with Gasteiger partial charge in [0.05, 0.1) is 10.6 Å². The molecule has 0 spiro atoms. The predicted molar refractivity (Wildman–Crippen MR) is 87.3 cm³/mol. The van der Waals surface area contributed by atoms with Crippen molar-refractivity contribution in [2.45, 2.75) is 20.3 Å². The molecule has 0 saturated heterocycles. The summed E-state index contributed by atoms with van der Waals surface area (Å²) in [4.78, 5) is 14.4. The summed E-state index contributed by atoms with van der Waals surface area (Å²) in [6.45, 7) is 4.48. The van der Waals surface area contributed by atoms with Crippen LogP contribution in [0.5, 0.6) is 0 Å². The van der Waals surface area contributed by atoms with Crippen LogP contribution >= 0.6 is 22.7 Å². The number of carbonyl (C=O) groups is 1. The first kappa shape index (κ1) is 14.9. The largest absolute Gasteiger partial charge is 0.350 e. The van der Waals surface area contributed by atoms with Gasteiger partial charge in [-0.05, 0) is 32.0 Å². The number of hydrogen-bond donors (Lipinski definition) is 2. The maximum absolute atomic E-state index is 12.1. The SMILES string of the molecule is Cc1ccc(-c2cc(C(=O)NCCc3nnc(C)s3)n[nH]2)s1. The number of amides is 1. The Kier molecular flexibility index (Phi) is 4.30. The number of nitrogens with one attached hydrogen (secondary N) is 2. The molecule has 0 atom stereocenters. The molecule has 0 fully saturated rings. The fourth-order valence-corrected chi connectivity index (χ4v) is 3.50. The van der Waals surface area contributed by atoms with Crippen molar-refractivity contribution in [3.05, 3.63) is 38.8 Å². The van der Waals surface area contributed by atoms with Gasteiger partial charge in [-0.2, -0.15) is 5.10 Å². The van der Waals surface area contributed by atoms with Gasteiger partial charge in [-0.1, -0.05) is 0 Å². The Balaban J connectivity index is 1.57. The van der Waals surface area contributed by atoms with Gasteiger partial charge in [0, 0.05) is 17.8 Å². The monoisotopic (exact) mass is 333 g/mol. The molecule has 0 aliphatic carbocycles. The minimum Gasteiger partial charge on any atom is -0.350 e. The third-order valence-electron chi connectivity index (χ3n) is 3.01. The first-order valence-electron chi connectivity index (χ1n) is 6.81. The summed E-state index contributed by atoms with van der Waals surface area (Å²) in [5.41, 5.74) is 1.26. The number of aromatic nitrogens is 4. The van der Waals surface area contributed by atoms with Crippen molar-refractivity contribution >= 4 is 28.6 Å². The Morgan fingerprint density at radius 2 is 2.14 bits per heavy atom. The average molecular weight is 333 g/mol. The second kappa shape index (κ2) is 6.37. The van der Waals surface area contributed by atoms with Gasteiger partial charge in [0.2, 0.25) is 0 Å². The summed E-state index contributed by atoms with van der Waals surface area (Å²) in [5.74, 6) is -0.183. The van der Waals surface area contributed by atoms with Gasteiger partial charge in [-0.25, -0.2) is 0 Å². The summed E-state index contributed by atoms with van der Waals surface area (Å²) < 4.78 is 0. The molecule has 0 saturated carbocycles. The first-order valence-corrected chi connectivity index (χ1v) is 8.44. The van der Waals surface area contributed by atoms with Gasteiger partial charge >= 0.3 is 0 Å². The molecule has 0 aliphatic rings. The molecule has 2 N–H and O–H groups in total. The zero-order valence-corrected chi connectivity index (χ0v) is 13.8. The second-order valence-electron chi connectivity index (χ2n) is 4.80. The highest BCUT2D eigenvalue weighted by molar-refractivity contribution is 7.15. The van der Waals surface area contributed by atoms with E-state index in [0.717, 1.165) is 20.6 Å². The Morgan fingerprint density at radius 1 is 1.27 bits per heavy atom. The van der Waals surface area contributed by atoms with Crippen LogP contribution in [0.2, 0.25) is 0 Å². The smallest absolute Gasteiger partial charge is 0.271 e. The van der Waals surface area contributed by atoms with Crippen molar-refractivity contribution in [3.63, 3.8) is 0 Å². The summed E-state index contributed by atoms with van der Waals surface area (Å²) in [6.07, 6.45) is 0.679. The normalized spacial score (nSPS) is 10.8. The Labute approximate surface area is 135 Å². The zero-order valence-electron chi connectivity index (χ0n) is 12.2. The Hall–Kier alpha value is -2.06. The topological polar surface area (TPSA) is 83.6 Å². The molecule has 3 aromatic heterocycles. The Morgan fingerprint density at radius 3 is 2.82 bits per heavy atom. The van der Waals surface area contributed by atoms with Crippen LogP contribution in [0.3, 0.4) is 0 Å². The number of thiophene rings is 1. The molecule has 1 amide bonds. The second-order valence-corrected chi connectivity index (χ2v) is 7.35. The number of nitrogens with zero attached hydrogens (tertiary/aromatic N) is 3. The van der Waals surface area contributed by atoms with E-state index in [-0.39, 0.29) is 5.91 Å². The fraction of sp³-hybridized carbons (Fsp3) is 0.286. The molecule has 8 heteroatoms. The van der Waals surface area contributed by atoms with Crippen LogP contribution in [0.15, 0.2) is 18.2 Å². The van der Waals surface area contributed by atoms with E-state index < -0.39 is 0 Å². The fourth-order valence-electron chi connectivity index (χ4n) is 1.96. The van der Waals surface area contributed by atoms with Crippen LogP contribution in [0.4, 0.5) is 0 Å². The molecule has 0 unspecified atom stereocenters. The lowest BCUT2D eigenvalue weighted by Gasteiger charge is -1.99. The van der Waals surface area contributed by atoms with Crippen molar-refractivity contribution in [3.8, 4) is 10.6 Å². The standard InChI is InChI=1S/C14H15N5OS2/c1-8-3-4-12(21-8)10-7-11(18-17-10)14(20)15-6-5-13-19-16-9(2)22-13/h3-4,7H,5-6H2,1-2H3,(H,15,20)(H,17,18). The first-order chi connectivity index (χ1) is 10.6. The number of H-pyrrole nitrogens is 1. The summed E-state index contributed by atoms with van der Waals surface area (Å²) in [6, 6.07) is 5.84. The van der Waals surface area contributed by atoms with E-state index in [4.69, 9.17) is 0 Å². The molecule has 114 valence electrons. The van der Waals surface area contributed by atoms with E-state index in [9.17, 15) is 4.79 Å². The lowest BCUT2D eigenvalue weighted by molar-refractivity contribution is 0.0949. The molecule has 22 heavy (non-hydrogen) atoms. The highest BCUT2D eigenvalue weighted by Crippen LogP contribution is 2.26. The maximum Gasteiger partial charge on any atom is 0.271 e. The minimum absolute atomic E-state index is 0.183. The van der Waals surface area contributed by atoms with Gasteiger partial charge in [-0.15, -0.1) is 32.9 Å². The Bertz CT molecular complexity index is 789. The van der Waals surface area contributed by atoms with Gasteiger partial charge in [0.25, 0.3) is 5.91 Å². The molecular weight excluding hydrogens is 318 g/mol. The van der Waals surface area contributed by atoms with Gasteiger partial charge < -0.3 is 5.32 Å². The van der Waals surface area contributed by atoms with Crippen molar-refractivity contribution in [2.75, 3.05) is 6.54 Å². The highest BCUT2D eigenvalue weighted by atomic mass is 32.1. The molecule has 0 aromatic carbocycles. The van der Waals surface area contributed by atoms with E-state index >= 15 is 0 Å². The molecule has 0 bridgehead atoms. The van der Waals surface area contributed by atoms with Crippen molar-refractivity contribution in [2.24, 2.45) is 0 Å². The third kappa shape index (κ3) is 3.40. The molecule has 0 radical (unpaired) electrons. The molecular formula is C14H15N5OS2. The quantitative estimate of drug-likeness (QED) is 0.752. The summed E-state index contributed by atoms with van der Waals surface area (Å²) >= 11 is 3.21. The zero-order chi connectivity index (χ0) is 15.5. The van der Waals surface area contributed by atoms with Gasteiger partial charge in [-0.3, -0.25) is 9.89 Å². The van der Waals surface area contributed by atoms with E-state index in [1.807, 2.05) is 26.0 Å². The van der Waals surface area contributed by atoms with Crippen LogP contribution < -0.4 is 5.32 Å². The minimum atomic E-state index is -0.183. The van der Waals surface area contributed by atoms with Crippen LogP contribution in [-0.4, -0.2) is 32.8 Å². The number of aromatic amines is 1. The van der Waals surface area contributed by atoms with Crippen molar-refractivity contribution < 1.29 is 4.79 Å². The third-order valence-corrected chi connectivity index (χ3v) is 4.94. The average Bonchev–Trinajstić information content (AvgIpc) is 3.19. The number of hydrogen-bond acceptors (Lipinski definition) is 6. The van der Waals surface area contributed by atoms with Crippen LogP contribution in [0.25, 0.3) is 10.6 Å². The van der Waals surface area contributed by atoms with Crippen LogP contribution in [-0.2, 0) is 6.42 Å². The molecule has 3 rings (SSSR count). The van der Waals surface area contributed by atoms with E-state index in [1.54, 1.807) is 28.7 Å². The summed E-state index contributed by atoms with van der Waals surface area (Å²) in [5, 5.41) is 19.7. The van der Waals surface area contributed by atoms with Crippen molar-refractivity contribution in [1.82, 2.24) is 25.7 Å². The number of carbonyl (C=O) groups excluding carboxylic acids is 1. The molecule has 0 aliphatic heterocycles. The maximum atomic E-state index is 12.1. The predicted octanol–water partition coefficient (Wildman–Crippen LogP) is 2.58. The molecule has 3 heterocycles. The van der Waals surface area contributed by atoms with Crippen molar-refractivity contribution in [1.29, 1.82) is 0 Å². The van der Waals surface area contributed by atoms with E-state index in [1.165, 1.54) is 4.88 Å². The molecule has 6 nitrogen and oxygen atoms in total. The highest BCUT2D eigenvalue weighted by Gasteiger charge is 2.12. The van der Waals surface area contributed by atoms with Crippen LogP contribution in [0.1, 0.15) is 25.4 Å². The molecule has 3 aromatic rings. The van der Waals surface area contributed by atoms with Gasteiger partial charge in [0.1, 0.15) is 10.0 Å². The number of aryl methyl sites for hydroxylation is 2. The lowest BCUT2D eigenvalue weighted by Crippen LogP contribution is -2.26. The lowest BCUT2D eigenvalue weighted by atomic mass is 10.3. The van der Waals surface area contributed by atoms with Crippen LogP contribution in [0, 0.1) is 13.8 Å². The van der Waals surface area contributed by atoms with E-state index in [2.05, 4.69) is 25.7 Å².